The molecule has 0 radical (unpaired) electrons. The summed E-state index contributed by atoms with van der Waals surface area (Å²) in [6.45, 7) is 5.72. The van der Waals surface area contributed by atoms with Gasteiger partial charge in [0, 0.05) is 11.7 Å². The first-order chi connectivity index (χ1) is 14.5. The summed E-state index contributed by atoms with van der Waals surface area (Å²) in [5, 5.41) is 11.2. The van der Waals surface area contributed by atoms with Crippen LogP contribution in [0.3, 0.4) is 0 Å². The van der Waals surface area contributed by atoms with E-state index in [0.29, 0.717) is 11.0 Å². The van der Waals surface area contributed by atoms with E-state index < -0.39 is 6.04 Å². The molecule has 3 rings (SSSR count). The Morgan fingerprint density at radius 1 is 1.10 bits per heavy atom. The zero-order valence-corrected chi connectivity index (χ0v) is 18.6. The minimum atomic E-state index is -0.781. The van der Waals surface area contributed by atoms with Gasteiger partial charge in [0.25, 0.3) is 11.1 Å². The number of thioether (sulfide) groups is 1. The maximum absolute atomic E-state index is 13.1. The lowest BCUT2D eigenvalue weighted by Gasteiger charge is -2.24. The summed E-state index contributed by atoms with van der Waals surface area (Å²) in [5.41, 5.74) is 2.92. The standard InChI is InChI=1S/C23H29N3O3S/c1-15(2)16(3)19(24-21(28)18-12-8-5-9-13-18)20(27)22-25-26-23(29-22)30-14-17-10-6-4-7-11-17/h4,6-7,10-11,18-19H,5,8-9,12-14H2,1-3H3,(H,24,28)/t19-/m0/s1. The maximum atomic E-state index is 13.1. The molecule has 1 saturated carbocycles. The lowest BCUT2D eigenvalue weighted by atomic mass is 9.88. The van der Waals surface area contributed by atoms with Crippen molar-refractivity contribution < 1.29 is 14.0 Å². The first kappa shape index (κ1) is 22.3. The van der Waals surface area contributed by atoms with Gasteiger partial charge in [0.2, 0.25) is 11.7 Å². The first-order valence-corrected chi connectivity index (χ1v) is 11.4. The summed E-state index contributed by atoms with van der Waals surface area (Å²) in [6.07, 6.45) is 5.04. The second-order valence-corrected chi connectivity index (χ2v) is 8.90. The summed E-state index contributed by atoms with van der Waals surface area (Å²) >= 11 is 1.38. The molecule has 1 N–H and O–H groups in total. The fourth-order valence-corrected chi connectivity index (χ4v) is 4.21. The monoisotopic (exact) mass is 427 g/mol. The highest BCUT2D eigenvalue weighted by Crippen LogP contribution is 2.25. The molecular formula is C23H29N3O3S. The van der Waals surface area contributed by atoms with Crippen molar-refractivity contribution in [3.05, 3.63) is 52.9 Å². The Labute approximate surface area is 181 Å². The summed E-state index contributed by atoms with van der Waals surface area (Å²) < 4.78 is 5.62. The fraction of sp³-hybridized carbons (Fsp3) is 0.478. The quantitative estimate of drug-likeness (QED) is 0.364. The van der Waals surface area contributed by atoms with Gasteiger partial charge in [-0.25, -0.2) is 0 Å². The summed E-state index contributed by atoms with van der Waals surface area (Å²) in [6, 6.07) is 9.16. The van der Waals surface area contributed by atoms with Crippen molar-refractivity contribution in [1.29, 1.82) is 0 Å². The van der Waals surface area contributed by atoms with Crippen LogP contribution in [-0.4, -0.2) is 27.9 Å². The van der Waals surface area contributed by atoms with Gasteiger partial charge in [-0.3, -0.25) is 9.59 Å². The molecule has 0 spiro atoms. The molecule has 1 atom stereocenters. The second-order valence-electron chi connectivity index (χ2n) is 7.97. The van der Waals surface area contributed by atoms with Crippen molar-refractivity contribution in [3.63, 3.8) is 0 Å². The molecule has 1 aliphatic rings. The average molecular weight is 428 g/mol. The number of benzene rings is 1. The molecule has 0 aliphatic heterocycles. The van der Waals surface area contributed by atoms with E-state index in [1.165, 1.54) is 18.2 Å². The molecule has 2 aromatic rings. The molecule has 7 heteroatoms. The third kappa shape index (κ3) is 5.81. The second kappa shape index (κ2) is 10.6. The number of allylic oxidation sites excluding steroid dienone is 1. The number of carbonyl (C=O) groups excluding carboxylic acids is 2. The molecule has 0 bridgehead atoms. The third-order valence-electron chi connectivity index (χ3n) is 5.57. The SMILES string of the molecule is CC(C)=C(C)[C@H](NC(=O)C1CCCCC1)C(=O)c1nnc(SCc2ccccc2)o1. The van der Waals surface area contributed by atoms with E-state index in [1.807, 2.05) is 51.1 Å². The molecule has 1 heterocycles. The molecule has 1 aromatic heterocycles. The van der Waals surface area contributed by atoms with E-state index in [4.69, 9.17) is 4.42 Å². The van der Waals surface area contributed by atoms with Crippen molar-refractivity contribution in [2.45, 2.75) is 69.9 Å². The van der Waals surface area contributed by atoms with Crippen LogP contribution in [0.4, 0.5) is 0 Å². The number of carbonyl (C=O) groups is 2. The summed E-state index contributed by atoms with van der Waals surface area (Å²) in [4.78, 5) is 25.9. The molecule has 6 nitrogen and oxygen atoms in total. The molecule has 1 aliphatic carbocycles. The normalized spacial score (nSPS) is 15.4. The molecule has 0 saturated heterocycles. The molecular weight excluding hydrogens is 398 g/mol. The number of ketones is 1. The average Bonchev–Trinajstić information content (AvgIpc) is 3.25. The minimum Gasteiger partial charge on any atom is -0.408 e. The zero-order valence-electron chi connectivity index (χ0n) is 17.8. The van der Waals surface area contributed by atoms with E-state index in [-0.39, 0.29) is 23.5 Å². The van der Waals surface area contributed by atoms with Gasteiger partial charge in [-0.1, -0.05) is 66.9 Å². The summed E-state index contributed by atoms with van der Waals surface area (Å²) in [7, 11) is 0. The summed E-state index contributed by atoms with van der Waals surface area (Å²) in [5.74, 6) is 0.147. The third-order valence-corrected chi connectivity index (χ3v) is 6.46. The van der Waals surface area contributed by atoms with E-state index in [0.717, 1.165) is 42.4 Å². The Hall–Kier alpha value is -2.41. The van der Waals surface area contributed by atoms with Gasteiger partial charge in [-0.15, -0.1) is 10.2 Å². The van der Waals surface area contributed by atoms with Gasteiger partial charge in [0.1, 0.15) is 6.04 Å². The molecule has 30 heavy (non-hydrogen) atoms. The van der Waals surface area contributed by atoms with Gasteiger partial charge in [0.05, 0.1) is 0 Å². The Bertz CT molecular complexity index is 897. The highest BCUT2D eigenvalue weighted by molar-refractivity contribution is 7.98. The van der Waals surface area contributed by atoms with Crippen LogP contribution in [0.1, 0.15) is 69.1 Å². The van der Waals surface area contributed by atoms with E-state index in [2.05, 4.69) is 15.5 Å². The van der Waals surface area contributed by atoms with Gasteiger partial charge in [-0.05, 0) is 44.7 Å². The number of nitrogens with one attached hydrogen (secondary N) is 1. The number of aromatic nitrogens is 2. The lowest BCUT2D eigenvalue weighted by molar-refractivity contribution is -0.126. The topological polar surface area (TPSA) is 85.1 Å². The Morgan fingerprint density at radius 2 is 1.80 bits per heavy atom. The Morgan fingerprint density at radius 3 is 2.47 bits per heavy atom. The van der Waals surface area contributed by atoms with E-state index in [9.17, 15) is 9.59 Å². The van der Waals surface area contributed by atoms with Crippen LogP contribution in [0.15, 0.2) is 51.1 Å². The Kier molecular flexibility index (Phi) is 7.85. The van der Waals surface area contributed by atoms with Crippen LogP contribution in [0.25, 0.3) is 0 Å². The molecule has 1 fully saturated rings. The molecule has 1 aromatic carbocycles. The number of nitrogens with zero attached hydrogens (tertiary/aromatic N) is 2. The Balaban J connectivity index is 1.70. The van der Waals surface area contributed by atoms with Crippen LogP contribution in [0, 0.1) is 5.92 Å². The maximum Gasteiger partial charge on any atom is 0.287 e. The van der Waals surface area contributed by atoms with Crippen molar-refractivity contribution in [1.82, 2.24) is 15.5 Å². The van der Waals surface area contributed by atoms with Gasteiger partial charge >= 0.3 is 0 Å². The first-order valence-electron chi connectivity index (χ1n) is 10.4. The van der Waals surface area contributed by atoms with Crippen LogP contribution in [0.2, 0.25) is 0 Å². The number of hydrogen-bond donors (Lipinski definition) is 1. The van der Waals surface area contributed by atoms with Crippen molar-refractivity contribution in [2.75, 3.05) is 0 Å². The van der Waals surface area contributed by atoms with Gasteiger partial charge < -0.3 is 9.73 Å². The van der Waals surface area contributed by atoms with Crippen molar-refractivity contribution >= 4 is 23.5 Å². The fourth-order valence-electron chi connectivity index (χ4n) is 3.49. The van der Waals surface area contributed by atoms with Crippen LogP contribution in [-0.2, 0) is 10.5 Å². The van der Waals surface area contributed by atoms with E-state index in [1.54, 1.807) is 0 Å². The number of hydrogen-bond acceptors (Lipinski definition) is 6. The molecule has 0 unspecified atom stereocenters. The predicted octanol–water partition coefficient (Wildman–Crippen LogP) is 4.97. The molecule has 160 valence electrons. The zero-order chi connectivity index (χ0) is 21.5. The van der Waals surface area contributed by atoms with Crippen LogP contribution >= 0.6 is 11.8 Å². The van der Waals surface area contributed by atoms with Crippen LogP contribution < -0.4 is 5.32 Å². The highest BCUT2D eigenvalue weighted by Gasteiger charge is 2.31. The number of amides is 1. The largest absolute Gasteiger partial charge is 0.408 e. The lowest BCUT2D eigenvalue weighted by Crippen LogP contribution is -2.45. The molecule has 1 amide bonds. The minimum absolute atomic E-state index is 0.0290. The van der Waals surface area contributed by atoms with Gasteiger partial charge in [-0.2, -0.15) is 0 Å². The van der Waals surface area contributed by atoms with Gasteiger partial charge in [0.15, 0.2) is 0 Å². The highest BCUT2D eigenvalue weighted by atomic mass is 32.2. The predicted molar refractivity (Wildman–Crippen MR) is 117 cm³/mol. The van der Waals surface area contributed by atoms with E-state index >= 15 is 0 Å². The van der Waals surface area contributed by atoms with Crippen LogP contribution in [0.5, 0.6) is 0 Å². The van der Waals surface area contributed by atoms with Crippen molar-refractivity contribution in [2.24, 2.45) is 5.92 Å². The smallest absolute Gasteiger partial charge is 0.287 e. The number of rotatable bonds is 8. The van der Waals surface area contributed by atoms with Crippen molar-refractivity contribution in [3.8, 4) is 0 Å². The number of Topliss-reactive ketones (excluding diaryl/α,β-unsaturated/α-hetero) is 1.